The molecule has 0 saturated heterocycles. The van der Waals surface area contributed by atoms with Crippen LogP contribution in [0.25, 0.3) is 0 Å². The molecule has 1 heterocycles. The zero-order valence-electron chi connectivity index (χ0n) is 15.4. The zero-order valence-corrected chi connectivity index (χ0v) is 16.2. The Labute approximate surface area is 135 Å². The molecule has 0 aliphatic heterocycles. The van der Waals surface area contributed by atoms with Crippen molar-refractivity contribution in [1.82, 2.24) is 10.2 Å². The van der Waals surface area contributed by atoms with Gasteiger partial charge in [0, 0.05) is 34.4 Å². The highest BCUT2D eigenvalue weighted by atomic mass is 32.1. The molecule has 1 aromatic rings. The first kappa shape index (κ1) is 18.7. The van der Waals surface area contributed by atoms with Gasteiger partial charge in [-0.25, -0.2) is 0 Å². The summed E-state index contributed by atoms with van der Waals surface area (Å²) >= 11 is 1.93. The monoisotopic (exact) mass is 310 g/mol. The lowest BCUT2D eigenvalue weighted by Gasteiger charge is -2.35. The predicted molar refractivity (Wildman–Crippen MR) is 96.0 cm³/mol. The predicted octanol–water partition coefficient (Wildman–Crippen LogP) is 4.81. The second-order valence-corrected chi connectivity index (χ2v) is 9.70. The third-order valence-electron chi connectivity index (χ3n) is 4.20. The summed E-state index contributed by atoms with van der Waals surface area (Å²) in [7, 11) is 2.24. The van der Waals surface area contributed by atoms with E-state index in [2.05, 4.69) is 78.7 Å². The molecule has 0 radical (unpaired) electrons. The first-order valence-corrected chi connectivity index (χ1v) is 8.75. The third kappa shape index (κ3) is 6.09. The van der Waals surface area contributed by atoms with Crippen LogP contribution < -0.4 is 5.32 Å². The number of nitrogens with zero attached hydrogens (tertiary/aromatic N) is 1. The van der Waals surface area contributed by atoms with Gasteiger partial charge in [-0.1, -0.05) is 20.8 Å². The van der Waals surface area contributed by atoms with Gasteiger partial charge in [-0.15, -0.1) is 11.3 Å². The Hall–Kier alpha value is -0.380. The van der Waals surface area contributed by atoms with Gasteiger partial charge in [0.05, 0.1) is 0 Å². The van der Waals surface area contributed by atoms with E-state index in [1.165, 1.54) is 15.3 Å². The Morgan fingerprint density at radius 1 is 1.19 bits per heavy atom. The fourth-order valence-electron chi connectivity index (χ4n) is 2.25. The van der Waals surface area contributed by atoms with Crippen LogP contribution in [-0.4, -0.2) is 23.5 Å². The van der Waals surface area contributed by atoms with Crippen molar-refractivity contribution in [2.45, 2.75) is 80.1 Å². The fourth-order valence-corrected chi connectivity index (χ4v) is 3.24. The maximum Gasteiger partial charge on any atom is 0.0304 e. The van der Waals surface area contributed by atoms with E-state index >= 15 is 0 Å². The SMILES string of the molecule is Cc1sc(CNC(C)(C)C)cc1CN(C)C(C)C(C)(C)C. The van der Waals surface area contributed by atoms with Crippen molar-refractivity contribution >= 4 is 11.3 Å². The van der Waals surface area contributed by atoms with Crippen LogP contribution in [0.15, 0.2) is 6.07 Å². The Balaban J connectivity index is 2.70. The quantitative estimate of drug-likeness (QED) is 0.839. The molecule has 1 unspecified atom stereocenters. The summed E-state index contributed by atoms with van der Waals surface area (Å²) in [5, 5.41) is 3.58. The van der Waals surface area contributed by atoms with Gasteiger partial charge in [-0.05, 0) is 58.7 Å². The smallest absolute Gasteiger partial charge is 0.0304 e. The van der Waals surface area contributed by atoms with E-state index in [-0.39, 0.29) is 5.54 Å². The Morgan fingerprint density at radius 2 is 1.76 bits per heavy atom. The molecular formula is C18H34N2S. The van der Waals surface area contributed by atoms with Crippen molar-refractivity contribution in [1.29, 1.82) is 0 Å². The molecule has 0 aliphatic carbocycles. The van der Waals surface area contributed by atoms with Gasteiger partial charge in [0.15, 0.2) is 0 Å². The second kappa shape index (κ2) is 6.80. The van der Waals surface area contributed by atoms with Crippen LogP contribution in [0.4, 0.5) is 0 Å². The standard InChI is InChI=1S/C18H34N2S/c1-13-15(12-20(9)14(2)17(3,4)5)10-16(21-13)11-19-18(6,7)8/h10,14,19H,11-12H2,1-9H3. The molecule has 3 heteroatoms. The van der Waals surface area contributed by atoms with Gasteiger partial charge in [0.2, 0.25) is 0 Å². The molecule has 2 nitrogen and oxygen atoms in total. The van der Waals surface area contributed by atoms with Crippen LogP contribution in [0.5, 0.6) is 0 Å². The number of nitrogens with one attached hydrogen (secondary N) is 1. The summed E-state index contributed by atoms with van der Waals surface area (Å²) in [6.07, 6.45) is 0. The van der Waals surface area contributed by atoms with Crippen molar-refractivity contribution in [3.8, 4) is 0 Å². The minimum Gasteiger partial charge on any atom is -0.307 e. The molecule has 0 bridgehead atoms. The van der Waals surface area contributed by atoms with E-state index in [4.69, 9.17) is 0 Å². The van der Waals surface area contributed by atoms with Crippen molar-refractivity contribution in [3.05, 3.63) is 21.4 Å². The summed E-state index contributed by atoms with van der Waals surface area (Å²) in [5.41, 5.74) is 1.97. The van der Waals surface area contributed by atoms with Crippen LogP contribution in [0, 0.1) is 12.3 Å². The van der Waals surface area contributed by atoms with Gasteiger partial charge in [0.25, 0.3) is 0 Å². The second-order valence-electron chi connectivity index (χ2n) is 8.35. The van der Waals surface area contributed by atoms with E-state index in [9.17, 15) is 0 Å². The van der Waals surface area contributed by atoms with Crippen molar-refractivity contribution < 1.29 is 0 Å². The van der Waals surface area contributed by atoms with E-state index in [1.807, 2.05) is 11.3 Å². The Bertz CT molecular complexity index is 449. The first-order valence-electron chi connectivity index (χ1n) is 7.93. The van der Waals surface area contributed by atoms with Crippen molar-refractivity contribution in [2.24, 2.45) is 5.41 Å². The molecule has 1 atom stereocenters. The van der Waals surface area contributed by atoms with Gasteiger partial charge in [-0.3, -0.25) is 4.90 Å². The van der Waals surface area contributed by atoms with E-state index in [1.54, 1.807) is 0 Å². The van der Waals surface area contributed by atoms with E-state index in [0.717, 1.165) is 13.1 Å². The topological polar surface area (TPSA) is 15.3 Å². The van der Waals surface area contributed by atoms with Crippen LogP contribution in [0.2, 0.25) is 0 Å². The largest absolute Gasteiger partial charge is 0.307 e. The maximum absolute atomic E-state index is 3.58. The average molecular weight is 311 g/mol. The lowest BCUT2D eigenvalue weighted by atomic mass is 9.87. The molecule has 0 aromatic carbocycles. The van der Waals surface area contributed by atoms with Crippen molar-refractivity contribution in [3.63, 3.8) is 0 Å². The lowest BCUT2D eigenvalue weighted by molar-refractivity contribution is 0.134. The molecule has 1 N–H and O–H groups in total. The number of thiophene rings is 1. The van der Waals surface area contributed by atoms with Crippen LogP contribution in [0.3, 0.4) is 0 Å². The molecule has 1 rings (SSSR count). The molecule has 0 amide bonds. The maximum atomic E-state index is 3.58. The molecule has 0 saturated carbocycles. The van der Waals surface area contributed by atoms with E-state index < -0.39 is 0 Å². The van der Waals surface area contributed by atoms with Gasteiger partial charge in [-0.2, -0.15) is 0 Å². The van der Waals surface area contributed by atoms with Gasteiger partial charge in [0.1, 0.15) is 0 Å². The Morgan fingerprint density at radius 3 is 2.24 bits per heavy atom. The zero-order chi connectivity index (χ0) is 16.4. The average Bonchev–Trinajstić information content (AvgIpc) is 2.64. The molecule has 0 spiro atoms. The van der Waals surface area contributed by atoms with Crippen LogP contribution >= 0.6 is 11.3 Å². The van der Waals surface area contributed by atoms with Gasteiger partial charge >= 0.3 is 0 Å². The highest BCUT2D eigenvalue weighted by molar-refractivity contribution is 7.12. The summed E-state index contributed by atoms with van der Waals surface area (Å²) in [4.78, 5) is 5.36. The number of rotatable bonds is 5. The summed E-state index contributed by atoms with van der Waals surface area (Å²) in [6.45, 7) is 20.2. The Kier molecular flexibility index (Phi) is 6.05. The molecule has 21 heavy (non-hydrogen) atoms. The lowest BCUT2D eigenvalue weighted by Crippen LogP contribution is -2.38. The molecule has 0 fully saturated rings. The van der Waals surface area contributed by atoms with Crippen LogP contribution in [0.1, 0.15) is 63.8 Å². The summed E-state index contributed by atoms with van der Waals surface area (Å²) in [5.74, 6) is 0. The normalized spacial score (nSPS) is 14.8. The van der Waals surface area contributed by atoms with Crippen LogP contribution in [-0.2, 0) is 13.1 Å². The highest BCUT2D eigenvalue weighted by Gasteiger charge is 2.24. The number of aryl methyl sites for hydroxylation is 1. The minimum atomic E-state index is 0.176. The fraction of sp³-hybridized carbons (Fsp3) is 0.778. The van der Waals surface area contributed by atoms with Gasteiger partial charge < -0.3 is 5.32 Å². The van der Waals surface area contributed by atoms with Crippen molar-refractivity contribution in [2.75, 3.05) is 7.05 Å². The van der Waals surface area contributed by atoms with E-state index in [0.29, 0.717) is 11.5 Å². The summed E-state index contributed by atoms with van der Waals surface area (Å²) < 4.78 is 0. The number of hydrogen-bond acceptors (Lipinski definition) is 3. The highest BCUT2D eigenvalue weighted by Crippen LogP contribution is 2.27. The number of hydrogen-bond donors (Lipinski definition) is 1. The molecular weight excluding hydrogens is 276 g/mol. The third-order valence-corrected chi connectivity index (χ3v) is 5.29. The molecule has 1 aromatic heterocycles. The molecule has 122 valence electrons. The minimum absolute atomic E-state index is 0.176. The molecule has 0 aliphatic rings. The summed E-state index contributed by atoms with van der Waals surface area (Å²) in [6, 6.07) is 2.94. The first-order chi connectivity index (χ1) is 9.40.